The van der Waals surface area contributed by atoms with E-state index in [0.29, 0.717) is 19.6 Å². The summed E-state index contributed by atoms with van der Waals surface area (Å²) in [6, 6.07) is 8.36. The molecule has 1 aromatic carbocycles. The van der Waals surface area contributed by atoms with Crippen molar-refractivity contribution in [3.8, 4) is 0 Å². The van der Waals surface area contributed by atoms with Crippen LogP contribution in [0.25, 0.3) is 0 Å². The predicted molar refractivity (Wildman–Crippen MR) is 97.6 cm³/mol. The van der Waals surface area contributed by atoms with Crippen LogP contribution in [0, 0.1) is 6.92 Å². The maximum atomic E-state index is 12.0. The van der Waals surface area contributed by atoms with Gasteiger partial charge in [-0.1, -0.05) is 24.3 Å². The Kier molecular flexibility index (Phi) is 4.13. The summed E-state index contributed by atoms with van der Waals surface area (Å²) in [5.74, 6) is 1.18. The molecule has 1 atom stereocenters. The summed E-state index contributed by atoms with van der Waals surface area (Å²) in [6.07, 6.45) is 3.84. The molecule has 1 aliphatic rings. The molecule has 0 radical (unpaired) electrons. The Labute approximate surface area is 151 Å². The van der Waals surface area contributed by atoms with E-state index in [2.05, 4.69) is 38.1 Å². The molecule has 0 fully saturated rings. The number of thiazole rings is 1. The van der Waals surface area contributed by atoms with Crippen LogP contribution in [0.2, 0.25) is 0 Å². The molecule has 0 bridgehead atoms. The van der Waals surface area contributed by atoms with Gasteiger partial charge < -0.3 is 9.47 Å². The SMILES string of the molecule is CC(=O)N1Cc2ccccc2[C@@H](c2nccn2Cc2csc(C)n2)C1. The lowest BCUT2D eigenvalue weighted by Gasteiger charge is -2.34. The number of imidazole rings is 1. The van der Waals surface area contributed by atoms with Crippen LogP contribution < -0.4 is 0 Å². The Morgan fingerprint density at radius 2 is 2.20 bits per heavy atom. The first-order chi connectivity index (χ1) is 12.1. The Hall–Kier alpha value is -2.47. The molecular formula is C19H20N4OS. The topological polar surface area (TPSA) is 51.0 Å². The summed E-state index contributed by atoms with van der Waals surface area (Å²) < 4.78 is 2.15. The van der Waals surface area contributed by atoms with Crippen molar-refractivity contribution in [3.05, 3.63) is 69.7 Å². The minimum Gasteiger partial charge on any atom is -0.338 e. The van der Waals surface area contributed by atoms with Crippen LogP contribution in [0.15, 0.2) is 42.0 Å². The monoisotopic (exact) mass is 352 g/mol. The number of carbonyl (C=O) groups excluding carboxylic acids is 1. The summed E-state index contributed by atoms with van der Waals surface area (Å²) >= 11 is 1.66. The van der Waals surface area contributed by atoms with Gasteiger partial charge >= 0.3 is 0 Å². The third kappa shape index (κ3) is 3.09. The van der Waals surface area contributed by atoms with E-state index in [1.54, 1.807) is 18.3 Å². The van der Waals surface area contributed by atoms with Crippen LogP contribution in [0.3, 0.4) is 0 Å². The number of nitrogens with zero attached hydrogens (tertiary/aromatic N) is 4. The smallest absolute Gasteiger partial charge is 0.219 e. The third-order valence-electron chi connectivity index (χ3n) is 4.70. The van der Waals surface area contributed by atoms with Crippen molar-refractivity contribution in [2.24, 2.45) is 0 Å². The van der Waals surface area contributed by atoms with Crippen molar-refractivity contribution in [1.82, 2.24) is 19.4 Å². The lowest BCUT2D eigenvalue weighted by Crippen LogP contribution is -2.38. The van der Waals surface area contributed by atoms with Gasteiger partial charge in [-0.05, 0) is 18.1 Å². The molecule has 128 valence electrons. The highest BCUT2D eigenvalue weighted by molar-refractivity contribution is 7.09. The van der Waals surface area contributed by atoms with Crippen LogP contribution in [0.5, 0.6) is 0 Å². The first-order valence-electron chi connectivity index (χ1n) is 8.37. The van der Waals surface area contributed by atoms with Gasteiger partial charge in [0.25, 0.3) is 0 Å². The van der Waals surface area contributed by atoms with Crippen molar-refractivity contribution in [2.45, 2.75) is 32.9 Å². The molecular weight excluding hydrogens is 332 g/mol. The largest absolute Gasteiger partial charge is 0.338 e. The number of amides is 1. The minimum atomic E-state index is 0.0867. The normalized spacial score (nSPS) is 16.7. The summed E-state index contributed by atoms with van der Waals surface area (Å²) in [6.45, 7) is 5.70. The Morgan fingerprint density at radius 1 is 1.36 bits per heavy atom. The third-order valence-corrected chi connectivity index (χ3v) is 5.52. The fourth-order valence-electron chi connectivity index (χ4n) is 3.49. The van der Waals surface area contributed by atoms with Crippen molar-refractivity contribution in [3.63, 3.8) is 0 Å². The van der Waals surface area contributed by atoms with E-state index < -0.39 is 0 Å². The second kappa shape index (κ2) is 6.44. The molecule has 25 heavy (non-hydrogen) atoms. The number of rotatable bonds is 3. The minimum absolute atomic E-state index is 0.0867. The maximum Gasteiger partial charge on any atom is 0.219 e. The van der Waals surface area contributed by atoms with Gasteiger partial charge in [0.2, 0.25) is 5.91 Å². The number of fused-ring (bicyclic) bond motifs is 1. The lowest BCUT2D eigenvalue weighted by molar-refractivity contribution is -0.129. The van der Waals surface area contributed by atoms with Gasteiger partial charge in [0, 0.05) is 37.8 Å². The van der Waals surface area contributed by atoms with Gasteiger partial charge in [-0.3, -0.25) is 4.79 Å². The number of benzene rings is 1. The van der Waals surface area contributed by atoms with Crippen LogP contribution >= 0.6 is 11.3 Å². The second-order valence-electron chi connectivity index (χ2n) is 6.42. The summed E-state index contributed by atoms with van der Waals surface area (Å²) in [7, 11) is 0. The molecule has 3 aromatic rings. The fourth-order valence-corrected chi connectivity index (χ4v) is 4.09. The average Bonchev–Trinajstić information content (AvgIpc) is 3.23. The summed E-state index contributed by atoms with van der Waals surface area (Å²) in [5, 5.41) is 3.16. The summed E-state index contributed by atoms with van der Waals surface area (Å²) in [5.41, 5.74) is 3.52. The van der Waals surface area contributed by atoms with Gasteiger partial charge in [-0.2, -0.15) is 0 Å². The average molecular weight is 352 g/mol. The molecule has 1 amide bonds. The van der Waals surface area contributed by atoms with Gasteiger partial charge in [0.05, 0.1) is 23.2 Å². The highest BCUT2D eigenvalue weighted by atomic mass is 32.1. The van der Waals surface area contributed by atoms with Gasteiger partial charge in [-0.15, -0.1) is 11.3 Å². The highest BCUT2D eigenvalue weighted by Gasteiger charge is 2.30. The Morgan fingerprint density at radius 3 is 2.96 bits per heavy atom. The maximum absolute atomic E-state index is 12.0. The first-order valence-corrected chi connectivity index (χ1v) is 9.25. The molecule has 0 N–H and O–H groups in total. The zero-order valence-electron chi connectivity index (χ0n) is 14.3. The van der Waals surface area contributed by atoms with Crippen LogP contribution in [-0.4, -0.2) is 31.9 Å². The number of hydrogen-bond acceptors (Lipinski definition) is 4. The first kappa shape index (κ1) is 16.0. The second-order valence-corrected chi connectivity index (χ2v) is 7.48. The van der Waals surface area contributed by atoms with Crippen molar-refractivity contribution >= 4 is 17.2 Å². The van der Waals surface area contributed by atoms with E-state index in [9.17, 15) is 4.79 Å². The van der Waals surface area contributed by atoms with Crippen molar-refractivity contribution < 1.29 is 4.79 Å². The molecule has 2 aromatic heterocycles. The molecule has 0 aliphatic carbocycles. The van der Waals surface area contributed by atoms with Crippen LogP contribution in [0.1, 0.15) is 40.5 Å². The number of aromatic nitrogens is 3. The molecule has 6 heteroatoms. The molecule has 5 nitrogen and oxygen atoms in total. The van der Waals surface area contributed by atoms with E-state index >= 15 is 0 Å². The molecule has 0 saturated heterocycles. The zero-order chi connectivity index (χ0) is 17.4. The Balaban J connectivity index is 1.71. The number of carbonyl (C=O) groups is 1. The molecule has 0 spiro atoms. The molecule has 0 unspecified atom stereocenters. The van der Waals surface area contributed by atoms with Crippen LogP contribution in [0.4, 0.5) is 0 Å². The van der Waals surface area contributed by atoms with Crippen LogP contribution in [-0.2, 0) is 17.9 Å². The van der Waals surface area contributed by atoms with E-state index in [0.717, 1.165) is 16.5 Å². The van der Waals surface area contributed by atoms with E-state index in [4.69, 9.17) is 0 Å². The zero-order valence-corrected chi connectivity index (χ0v) is 15.2. The van der Waals surface area contributed by atoms with Crippen molar-refractivity contribution in [1.29, 1.82) is 0 Å². The van der Waals surface area contributed by atoms with E-state index in [1.807, 2.05) is 30.3 Å². The quantitative estimate of drug-likeness (QED) is 0.727. The van der Waals surface area contributed by atoms with E-state index in [-0.39, 0.29) is 11.8 Å². The molecule has 0 saturated carbocycles. The van der Waals surface area contributed by atoms with Gasteiger partial charge in [0.1, 0.15) is 5.82 Å². The van der Waals surface area contributed by atoms with Gasteiger partial charge in [0.15, 0.2) is 0 Å². The molecule has 4 rings (SSSR count). The van der Waals surface area contributed by atoms with Crippen molar-refractivity contribution in [2.75, 3.05) is 6.54 Å². The highest BCUT2D eigenvalue weighted by Crippen LogP contribution is 2.33. The summed E-state index contributed by atoms with van der Waals surface area (Å²) in [4.78, 5) is 23.1. The number of aryl methyl sites for hydroxylation is 1. The Bertz CT molecular complexity index is 914. The fraction of sp³-hybridized carbons (Fsp3) is 0.316. The number of hydrogen-bond donors (Lipinski definition) is 0. The predicted octanol–water partition coefficient (Wildman–Crippen LogP) is 3.19. The molecule has 3 heterocycles. The van der Waals surface area contributed by atoms with Gasteiger partial charge in [-0.25, -0.2) is 9.97 Å². The standard InChI is InChI=1S/C19H20N4OS/c1-13-21-16(12-25-13)10-22-8-7-20-19(22)18-11-23(14(2)24)9-15-5-3-4-6-17(15)18/h3-8,12,18H,9-11H2,1-2H3/t18-/m0/s1. The molecule has 1 aliphatic heterocycles. The lowest BCUT2D eigenvalue weighted by atomic mass is 9.89. The van der Waals surface area contributed by atoms with E-state index in [1.165, 1.54) is 11.1 Å².